The molecule has 3 aromatic rings. The summed E-state index contributed by atoms with van der Waals surface area (Å²) in [5, 5.41) is 12.1. The smallest absolute Gasteiger partial charge is 0.335 e. The van der Waals surface area contributed by atoms with E-state index in [4.69, 9.17) is 5.11 Å². The van der Waals surface area contributed by atoms with Crippen molar-refractivity contribution in [1.29, 1.82) is 0 Å². The van der Waals surface area contributed by atoms with Gasteiger partial charge in [-0.2, -0.15) is 4.99 Å². The molecule has 6 nitrogen and oxygen atoms in total. The van der Waals surface area contributed by atoms with Gasteiger partial charge in [0.2, 0.25) is 5.13 Å². The summed E-state index contributed by atoms with van der Waals surface area (Å²) in [6.45, 7) is 2.40. The van der Waals surface area contributed by atoms with Gasteiger partial charge in [-0.1, -0.05) is 42.5 Å². The average molecular weight is 436 g/mol. The molecule has 1 N–H and O–H groups in total. The predicted octanol–water partition coefficient (Wildman–Crippen LogP) is 5.13. The zero-order chi connectivity index (χ0) is 21.1. The number of carbonyl (C=O) groups excluding carboxylic acids is 1. The van der Waals surface area contributed by atoms with Gasteiger partial charge in [0.25, 0.3) is 5.91 Å². The van der Waals surface area contributed by atoms with Gasteiger partial charge in [0.15, 0.2) is 5.17 Å². The molecule has 0 atom stereocenters. The van der Waals surface area contributed by atoms with Gasteiger partial charge in [-0.15, -0.1) is 11.3 Å². The van der Waals surface area contributed by atoms with Gasteiger partial charge in [0, 0.05) is 17.5 Å². The zero-order valence-electron chi connectivity index (χ0n) is 16.0. The second-order valence-electron chi connectivity index (χ2n) is 6.36. The number of hydrogen-bond donors (Lipinski definition) is 1. The third kappa shape index (κ3) is 4.19. The van der Waals surface area contributed by atoms with Gasteiger partial charge in [0.1, 0.15) is 0 Å². The van der Waals surface area contributed by atoms with Crippen LogP contribution in [0.25, 0.3) is 17.3 Å². The fourth-order valence-electron chi connectivity index (χ4n) is 2.88. The molecule has 1 aromatic heterocycles. The van der Waals surface area contributed by atoms with Gasteiger partial charge in [-0.25, -0.2) is 9.78 Å². The van der Waals surface area contributed by atoms with Crippen LogP contribution in [-0.2, 0) is 4.79 Å². The SMILES string of the molecule is CCN1C(=O)/C(=C/c2ccc(C(=O)O)cc2)S/C1=N/c1nc(-c2ccccc2)cs1. The first-order valence-corrected chi connectivity index (χ1v) is 10.9. The molecular formula is C22H17N3O3S2. The second kappa shape index (κ2) is 8.64. The lowest BCUT2D eigenvalue weighted by molar-refractivity contribution is -0.122. The number of likely N-dealkylation sites (N-methyl/N-ethyl adjacent to an activating group) is 1. The molecule has 2 heterocycles. The first-order valence-electron chi connectivity index (χ1n) is 9.19. The number of aromatic nitrogens is 1. The molecule has 0 bridgehead atoms. The van der Waals surface area contributed by atoms with E-state index in [9.17, 15) is 9.59 Å². The normalized spacial score (nSPS) is 16.6. The van der Waals surface area contributed by atoms with E-state index in [1.54, 1.807) is 23.1 Å². The Labute approximate surface area is 181 Å². The molecule has 2 aromatic carbocycles. The molecule has 4 rings (SSSR count). The number of nitrogens with zero attached hydrogens (tertiary/aromatic N) is 3. The molecule has 8 heteroatoms. The molecule has 0 spiro atoms. The van der Waals surface area contributed by atoms with E-state index < -0.39 is 5.97 Å². The maximum absolute atomic E-state index is 12.8. The quantitative estimate of drug-likeness (QED) is 0.562. The van der Waals surface area contributed by atoms with E-state index in [1.165, 1.54) is 35.2 Å². The van der Waals surface area contributed by atoms with Gasteiger partial charge in [-0.05, 0) is 42.5 Å². The molecule has 0 unspecified atom stereocenters. The summed E-state index contributed by atoms with van der Waals surface area (Å²) in [7, 11) is 0. The minimum Gasteiger partial charge on any atom is -0.478 e. The Morgan fingerprint density at radius 3 is 2.57 bits per heavy atom. The van der Waals surface area contributed by atoms with Crippen LogP contribution in [0.1, 0.15) is 22.8 Å². The number of thiazole rings is 1. The number of amides is 1. The van der Waals surface area contributed by atoms with E-state index >= 15 is 0 Å². The van der Waals surface area contributed by atoms with Crippen LogP contribution in [0.3, 0.4) is 0 Å². The fraction of sp³-hybridized carbons (Fsp3) is 0.0909. The zero-order valence-corrected chi connectivity index (χ0v) is 17.6. The Kier molecular flexibility index (Phi) is 5.78. The number of thioether (sulfide) groups is 1. The van der Waals surface area contributed by atoms with Gasteiger partial charge in [0.05, 0.1) is 16.2 Å². The Morgan fingerprint density at radius 2 is 1.90 bits per heavy atom. The summed E-state index contributed by atoms with van der Waals surface area (Å²) in [6.07, 6.45) is 1.75. The van der Waals surface area contributed by atoms with Gasteiger partial charge < -0.3 is 5.11 Å². The van der Waals surface area contributed by atoms with Crippen LogP contribution in [0.5, 0.6) is 0 Å². The van der Waals surface area contributed by atoms with Crippen molar-refractivity contribution in [2.75, 3.05) is 6.54 Å². The highest BCUT2D eigenvalue weighted by Gasteiger charge is 2.32. The molecule has 1 amide bonds. The standard InChI is InChI=1S/C22H17N3O3S2/c1-2-25-19(26)18(12-14-8-10-16(11-9-14)20(27)28)30-22(25)24-21-23-17(13-29-21)15-6-4-3-5-7-15/h3-13H,2H2,1H3,(H,27,28)/b18-12-,24-22+. The van der Waals surface area contributed by atoms with Crippen LogP contribution in [-0.4, -0.2) is 38.6 Å². The largest absolute Gasteiger partial charge is 0.478 e. The number of carboxylic acids is 1. The number of aliphatic imine (C=N–C) groups is 1. The molecule has 0 radical (unpaired) electrons. The molecule has 1 saturated heterocycles. The molecule has 1 fully saturated rings. The van der Waals surface area contributed by atoms with Crippen molar-refractivity contribution in [2.24, 2.45) is 4.99 Å². The van der Waals surface area contributed by atoms with Crippen molar-refractivity contribution >= 4 is 51.4 Å². The maximum Gasteiger partial charge on any atom is 0.335 e. The van der Waals surface area contributed by atoms with E-state index in [0.29, 0.717) is 21.7 Å². The van der Waals surface area contributed by atoms with Crippen LogP contribution in [0.15, 0.2) is 69.9 Å². The third-order valence-electron chi connectivity index (χ3n) is 4.41. The fourth-order valence-corrected chi connectivity index (χ4v) is 4.68. The Bertz CT molecular complexity index is 1150. The minimum absolute atomic E-state index is 0.122. The van der Waals surface area contributed by atoms with Crippen molar-refractivity contribution in [3.63, 3.8) is 0 Å². The first kappa shape index (κ1) is 20.1. The molecule has 0 saturated carbocycles. The Morgan fingerprint density at radius 1 is 1.17 bits per heavy atom. The Balaban J connectivity index is 1.59. The molecule has 1 aliphatic heterocycles. The van der Waals surface area contributed by atoms with Crippen LogP contribution < -0.4 is 0 Å². The summed E-state index contributed by atoms with van der Waals surface area (Å²) in [5.41, 5.74) is 2.84. The van der Waals surface area contributed by atoms with Crippen LogP contribution in [0.2, 0.25) is 0 Å². The Hall–Kier alpha value is -3.23. The van der Waals surface area contributed by atoms with Crippen LogP contribution in [0.4, 0.5) is 5.13 Å². The summed E-state index contributed by atoms with van der Waals surface area (Å²) < 4.78 is 0. The van der Waals surface area contributed by atoms with Gasteiger partial charge in [-0.3, -0.25) is 9.69 Å². The monoisotopic (exact) mass is 435 g/mol. The molecule has 30 heavy (non-hydrogen) atoms. The molecule has 0 aliphatic carbocycles. The van der Waals surface area contributed by atoms with Gasteiger partial charge >= 0.3 is 5.97 Å². The summed E-state index contributed by atoms with van der Waals surface area (Å²) in [6, 6.07) is 16.3. The number of carboxylic acid groups (broad SMARTS) is 1. The highest BCUT2D eigenvalue weighted by atomic mass is 32.2. The minimum atomic E-state index is -0.981. The number of rotatable bonds is 5. The predicted molar refractivity (Wildman–Crippen MR) is 121 cm³/mol. The lowest BCUT2D eigenvalue weighted by atomic mass is 10.1. The van der Waals surface area contributed by atoms with E-state index in [1.807, 2.05) is 42.6 Å². The van der Waals surface area contributed by atoms with Crippen LogP contribution >= 0.6 is 23.1 Å². The third-order valence-corrected chi connectivity index (χ3v) is 6.15. The van der Waals surface area contributed by atoms with E-state index in [-0.39, 0.29) is 11.5 Å². The average Bonchev–Trinajstić information content (AvgIpc) is 3.34. The molecule has 150 valence electrons. The lowest BCUT2D eigenvalue weighted by Gasteiger charge is -2.11. The second-order valence-corrected chi connectivity index (χ2v) is 8.21. The topological polar surface area (TPSA) is 82.9 Å². The molecule has 1 aliphatic rings. The summed E-state index contributed by atoms with van der Waals surface area (Å²) in [4.78, 5) is 35.1. The summed E-state index contributed by atoms with van der Waals surface area (Å²) >= 11 is 2.72. The van der Waals surface area contributed by atoms with E-state index in [0.717, 1.165) is 16.8 Å². The first-order chi connectivity index (χ1) is 14.5. The van der Waals surface area contributed by atoms with Crippen molar-refractivity contribution in [3.8, 4) is 11.3 Å². The van der Waals surface area contributed by atoms with Crippen molar-refractivity contribution in [1.82, 2.24) is 9.88 Å². The van der Waals surface area contributed by atoms with Crippen LogP contribution in [0, 0.1) is 0 Å². The number of carbonyl (C=O) groups is 2. The van der Waals surface area contributed by atoms with Crippen molar-refractivity contribution in [3.05, 3.63) is 76.0 Å². The number of benzene rings is 2. The maximum atomic E-state index is 12.8. The number of amidine groups is 1. The van der Waals surface area contributed by atoms with E-state index in [2.05, 4.69) is 9.98 Å². The number of hydrogen-bond acceptors (Lipinski definition) is 6. The van der Waals surface area contributed by atoms with Crippen molar-refractivity contribution < 1.29 is 14.7 Å². The summed E-state index contributed by atoms with van der Waals surface area (Å²) in [5.74, 6) is -1.10. The van der Waals surface area contributed by atoms with Crippen molar-refractivity contribution in [2.45, 2.75) is 6.92 Å². The lowest BCUT2D eigenvalue weighted by Crippen LogP contribution is -2.28. The number of aromatic carboxylic acids is 1. The highest BCUT2D eigenvalue weighted by molar-refractivity contribution is 8.18. The molecular weight excluding hydrogens is 418 g/mol. The highest BCUT2D eigenvalue weighted by Crippen LogP contribution is 2.35.